The topological polar surface area (TPSA) is 345 Å². The van der Waals surface area contributed by atoms with Crippen LogP contribution in [0.4, 0.5) is 0 Å². The van der Waals surface area contributed by atoms with Gasteiger partial charge in [-0.25, -0.2) is 0 Å². The lowest BCUT2D eigenvalue weighted by Crippen LogP contribution is -2.71. The first kappa shape index (κ1) is 76.0. The highest BCUT2D eigenvalue weighted by Crippen LogP contribution is 2.34. The Bertz CT molecular complexity index is 1730. The normalized spacial score (nSPS) is 29.8. The van der Waals surface area contributed by atoms with Crippen LogP contribution in [-0.4, -0.2) is 205 Å². The van der Waals surface area contributed by atoms with Gasteiger partial charge in [-0.1, -0.05) is 201 Å². The van der Waals surface area contributed by atoms with Gasteiger partial charge in [0.2, 0.25) is 17.7 Å². The molecule has 0 radical (unpaired) electrons. The van der Waals surface area contributed by atoms with Gasteiger partial charge in [0.25, 0.3) is 0 Å². The summed E-state index contributed by atoms with van der Waals surface area (Å²) in [5.41, 5.74) is 0. The van der Waals surface area contributed by atoms with Crippen molar-refractivity contribution in [1.29, 1.82) is 0 Å². The average Bonchev–Trinajstić information content (AvgIpc) is 2.56. The van der Waals surface area contributed by atoms with Crippen LogP contribution in [0.2, 0.25) is 0 Å². The van der Waals surface area contributed by atoms with Gasteiger partial charge in [0.05, 0.1) is 38.1 Å². The maximum atomic E-state index is 13.8. The van der Waals surface area contributed by atoms with E-state index < -0.39 is 154 Å². The van der Waals surface area contributed by atoms with Gasteiger partial charge in [-0.05, 0) is 25.7 Å². The highest BCUT2D eigenvalue weighted by atomic mass is 16.8. The molecule has 3 rings (SSSR count). The van der Waals surface area contributed by atoms with Crippen molar-refractivity contribution in [2.75, 3.05) is 19.8 Å². The summed E-state index contributed by atoms with van der Waals surface area (Å²) in [5.74, 6) is -1.48. The van der Waals surface area contributed by atoms with E-state index in [9.17, 15) is 65.4 Å². The number of unbranched alkanes of at least 4 members (excludes halogenated alkanes) is 25. The van der Waals surface area contributed by atoms with E-state index in [2.05, 4.69) is 36.7 Å². The highest BCUT2D eigenvalue weighted by molar-refractivity contribution is 5.80. The van der Waals surface area contributed by atoms with Crippen LogP contribution in [0, 0.1) is 5.92 Å². The number of hydrogen-bond acceptors (Lipinski definition) is 19. The third kappa shape index (κ3) is 28.1. The summed E-state index contributed by atoms with van der Waals surface area (Å²) < 4.78 is 36.9. The maximum absolute atomic E-state index is 13.8. The molecule has 19 atom stereocenters. The van der Waals surface area contributed by atoms with Gasteiger partial charge in [0.15, 0.2) is 18.9 Å². The SMILES string of the molecule is CCCCCCCCCCCCCCCCCCCC[C@@H](O)C(=O)N[C@@H](CO[C@@H]1OC(CO)[C@@H](O[C@@H]2OC(CO)[C@H](O)C(O)[C@@H]2NC(C)=O)[C@H](O[C@H]2OC(C)[C@H](O)[C@@H](O)C2O)C1NC(C)=O)[C@H](O)[C@H](O)CCCCCCCCCCCC(C)C. The minimum absolute atomic E-state index is 0.144. The quantitative estimate of drug-likeness (QED) is 0.0367. The summed E-state index contributed by atoms with van der Waals surface area (Å²) in [5, 5.41) is 118. The molecule has 0 bridgehead atoms. The molecule has 3 fully saturated rings. The van der Waals surface area contributed by atoms with Crippen LogP contribution < -0.4 is 16.0 Å². The van der Waals surface area contributed by atoms with Crippen molar-refractivity contribution >= 4 is 17.7 Å². The summed E-state index contributed by atoms with van der Waals surface area (Å²) in [4.78, 5) is 39.3. The number of ether oxygens (including phenoxy) is 6. The lowest BCUT2D eigenvalue weighted by atomic mass is 9.93. The predicted octanol–water partition coefficient (Wildman–Crippen LogP) is 4.71. The highest BCUT2D eigenvalue weighted by Gasteiger charge is 2.55. The van der Waals surface area contributed by atoms with Gasteiger partial charge in [0, 0.05) is 13.8 Å². The molecule has 3 amide bonds. The van der Waals surface area contributed by atoms with Crippen LogP contribution in [0.1, 0.15) is 234 Å². The number of rotatable bonds is 46. The summed E-state index contributed by atoms with van der Waals surface area (Å²) in [6.45, 7) is 8.09. The van der Waals surface area contributed by atoms with Gasteiger partial charge < -0.3 is 95.4 Å². The molecule has 6 unspecified atom stereocenters. The molecule has 0 aromatic rings. The van der Waals surface area contributed by atoms with E-state index in [0.29, 0.717) is 18.8 Å². The Hall–Kier alpha value is -2.23. The van der Waals surface area contributed by atoms with Gasteiger partial charge in [-0.2, -0.15) is 0 Å². The number of hydrogen-bond donors (Lipinski definition) is 13. The van der Waals surface area contributed by atoms with Crippen molar-refractivity contribution in [3.8, 4) is 0 Å². The first-order valence-corrected chi connectivity index (χ1v) is 32.7. The van der Waals surface area contributed by atoms with Gasteiger partial charge in [0.1, 0.15) is 79.2 Å². The molecule has 22 nitrogen and oxygen atoms in total. The Labute approximate surface area is 502 Å². The second-order valence-electron chi connectivity index (χ2n) is 24.7. The lowest BCUT2D eigenvalue weighted by Gasteiger charge is -2.50. The molecule has 0 aromatic heterocycles. The standard InChI is InChI=1S/C62H117N3O19/c1-7-8-9-10-11-12-13-14-15-16-17-18-19-20-23-27-30-33-36-46(71)59(78)65-44(52(73)45(70)35-32-29-26-24-21-22-25-28-31-34-40(2)3)39-79-60-50(64-43(6)69)58(84-62-56(77)55(76)51(72)41(4)80-62)57(48(38-67)82-60)83-61-49(63-42(5)68)54(75)53(74)47(37-66)81-61/h40-41,44-58,60-62,66-67,70-77H,7-39H2,1-6H3,(H,63,68)(H,64,69)(H,65,78)/t41?,44-,45+,46+,47?,48?,49-,50?,51-,52-,53-,54?,55+,56?,57+,58+,60+,61-,62+/m0/s1. The Balaban J connectivity index is 1.77. The van der Waals surface area contributed by atoms with Gasteiger partial charge in [-0.3, -0.25) is 14.4 Å². The van der Waals surface area contributed by atoms with E-state index >= 15 is 0 Å². The second kappa shape index (κ2) is 43.4. The number of aliphatic hydroxyl groups excluding tert-OH is 10. The Kier molecular flexibility index (Phi) is 39.3. The molecule has 0 aromatic carbocycles. The van der Waals surface area contributed by atoms with Crippen LogP contribution in [0.25, 0.3) is 0 Å². The third-order valence-electron chi connectivity index (χ3n) is 16.8. The zero-order valence-electron chi connectivity index (χ0n) is 52.0. The average molecular weight is 1210 g/mol. The van der Waals surface area contributed by atoms with Crippen molar-refractivity contribution in [3.05, 3.63) is 0 Å². The fraction of sp³-hybridized carbons (Fsp3) is 0.952. The van der Waals surface area contributed by atoms with Gasteiger partial charge in [-0.15, -0.1) is 0 Å². The first-order valence-electron chi connectivity index (χ1n) is 32.7. The summed E-state index contributed by atoms with van der Waals surface area (Å²) >= 11 is 0. The summed E-state index contributed by atoms with van der Waals surface area (Å²) in [7, 11) is 0. The molecule has 494 valence electrons. The molecule has 0 spiro atoms. The first-order chi connectivity index (χ1) is 40.2. The number of carbonyl (C=O) groups excluding carboxylic acids is 3. The lowest BCUT2D eigenvalue weighted by molar-refractivity contribution is -0.366. The summed E-state index contributed by atoms with van der Waals surface area (Å²) in [6, 6.07) is -4.44. The van der Waals surface area contributed by atoms with E-state index in [1.54, 1.807) is 0 Å². The zero-order chi connectivity index (χ0) is 62.0. The molecule has 22 heteroatoms. The minimum Gasteiger partial charge on any atom is -0.394 e. The van der Waals surface area contributed by atoms with E-state index in [1.807, 2.05) is 0 Å². The van der Waals surface area contributed by atoms with Crippen molar-refractivity contribution < 1.29 is 93.9 Å². The van der Waals surface area contributed by atoms with Crippen molar-refractivity contribution in [3.63, 3.8) is 0 Å². The smallest absolute Gasteiger partial charge is 0.249 e. The fourth-order valence-corrected chi connectivity index (χ4v) is 11.6. The number of carbonyl (C=O) groups is 3. The number of aliphatic hydroxyl groups is 10. The van der Waals surface area contributed by atoms with Crippen LogP contribution in [0.3, 0.4) is 0 Å². The van der Waals surface area contributed by atoms with E-state index in [4.69, 9.17) is 28.4 Å². The van der Waals surface area contributed by atoms with Crippen LogP contribution in [0.15, 0.2) is 0 Å². The molecule has 3 heterocycles. The van der Waals surface area contributed by atoms with E-state index in [-0.39, 0.29) is 12.8 Å². The van der Waals surface area contributed by atoms with Crippen molar-refractivity contribution in [1.82, 2.24) is 16.0 Å². The Morgan fingerprint density at radius 1 is 0.488 bits per heavy atom. The zero-order valence-corrected chi connectivity index (χ0v) is 52.0. The van der Waals surface area contributed by atoms with E-state index in [0.717, 1.165) is 71.6 Å². The molecule has 0 aliphatic carbocycles. The van der Waals surface area contributed by atoms with Crippen LogP contribution in [-0.2, 0) is 42.8 Å². The second-order valence-corrected chi connectivity index (χ2v) is 24.7. The molecule has 13 N–H and O–H groups in total. The van der Waals surface area contributed by atoms with Crippen LogP contribution >= 0.6 is 0 Å². The predicted molar refractivity (Wildman–Crippen MR) is 316 cm³/mol. The Morgan fingerprint density at radius 2 is 0.929 bits per heavy atom. The van der Waals surface area contributed by atoms with Crippen molar-refractivity contribution in [2.45, 2.75) is 351 Å². The minimum atomic E-state index is -1.92. The van der Waals surface area contributed by atoms with Gasteiger partial charge >= 0.3 is 0 Å². The molecular weight excluding hydrogens is 1090 g/mol. The number of amides is 3. The molecule has 3 aliphatic rings. The fourth-order valence-electron chi connectivity index (χ4n) is 11.6. The molecule has 3 aliphatic heterocycles. The molecule has 3 saturated heterocycles. The molecular formula is C62H117N3O19. The summed E-state index contributed by atoms with van der Waals surface area (Å²) in [6.07, 6.45) is 6.56. The number of nitrogens with one attached hydrogen (secondary N) is 3. The molecule has 0 saturated carbocycles. The van der Waals surface area contributed by atoms with Crippen molar-refractivity contribution in [2.24, 2.45) is 5.92 Å². The molecule has 84 heavy (non-hydrogen) atoms. The monoisotopic (exact) mass is 1210 g/mol. The Morgan fingerprint density at radius 3 is 1.40 bits per heavy atom. The van der Waals surface area contributed by atoms with Crippen LogP contribution in [0.5, 0.6) is 0 Å². The third-order valence-corrected chi connectivity index (χ3v) is 16.8. The largest absolute Gasteiger partial charge is 0.394 e. The van der Waals surface area contributed by atoms with E-state index in [1.165, 1.54) is 116 Å². The maximum Gasteiger partial charge on any atom is 0.249 e.